The van der Waals surface area contributed by atoms with E-state index >= 15 is 0 Å². The first-order chi connectivity index (χ1) is 11.8. The van der Waals surface area contributed by atoms with Gasteiger partial charge in [0.2, 0.25) is 0 Å². The highest BCUT2D eigenvalue weighted by molar-refractivity contribution is 6.02. The van der Waals surface area contributed by atoms with Crippen LogP contribution in [0.4, 0.5) is 0 Å². The molecule has 4 aromatic carbocycles. The van der Waals surface area contributed by atoms with Crippen LogP contribution in [0.15, 0.2) is 83.9 Å². The van der Waals surface area contributed by atoms with E-state index in [1.54, 1.807) is 0 Å². The molecule has 0 saturated carbocycles. The average molecular weight is 309 g/mol. The molecule has 0 unspecified atom stereocenters. The first-order valence-corrected chi connectivity index (χ1v) is 8.27. The Morgan fingerprint density at radius 1 is 0.750 bits per heavy atom. The molecule has 0 aliphatic heterocycles. The monoisotopic (exact) mass is 309 g/mol. The van der Waals surface area contributed by atoms with Crippen molar-refractivity contribution in [2.24, 2.45) is 4.99 Å². The van der Waals surface area contributed by atoms with Crippen LogP contribution in [0.2, 0.25) is 0 Å². The summed E-state index contributed by atoms with van der Waals surface area (Å²) in [6.07, 6.45) is 1.97. The van der Waals surface area contributed by atoms with Gasteiger partial charge in [-0.05, 0) is 45.7 Å². The molecule has 0 radical (unpaired) electrons. The van der Waals surface area contributed by atoms with Crippen LogP contribution in [0.1, 0.15) is 16.7 Å². The summed E-state index contributed by atoms with van der Waals surface area (Å²) in [5.74, 6) is 0. The second-order valence-corrected chi connectivity index (χ2v) is 6.18. The molecule has 1 heteroatoms. The second-order valence-electron chi connectivity index (χ2n) is 6.18. The van der Waals surface area contributed by atoms with E-state index < -0.39 is 0 Å². The summed E-state index contributed by atoms with van der Waals surface area (Å²) in [5.41, 5.74) is 3.71. The van der Waals surface area contributed by atoms with Gasteiger partial charge < -0.3 is 0 Å². The predicted octanol–water partition coefficient (Wildman–Crippen LogP) is 5.92. The van der Waals surface area contributed by atoms with Gasteiger partial charge in [-0.25, -0.2) is 0 Å². The second kappa shape index (κ2) is 6.29. The molecule has 4 aromatic rings. The third-order valence-electron chi connectivity index (χ3n) is 4.45. The molecule has 116 valence electrons. The SMILES string of the molecule is Cc1ccc(C=NCc2c3ccccc3cc3ccccc23)cc1. The molecule has 1 nitrogen and oxygen atoms in total. The minimum absolute atomic E-state index is 0.690. The van der Waals surface area contributed by atoms with E-state index in [4.69, 9.17) is 4.99 Å². The Hall–Kier alpha value is -2.93. The van der Waals surface area contributed by atoms with Crippen molar-refractivity contribution in [1.82, 2.24) is 0 Å². The quantitative estimate of drug-likeness (QED) is 0.329. The molecule has 0 bridgehead atoms. The van der Waals surface area contributed by atoms with E-state index in [9.17, 15) is 0 Å². The molecule has 4 rings (SSSR count). The Kier molecular flexibility index (Phi) is 3.84. The maximum Gasteiger partial charge on any atom is 0.0652 e. The molecular weight excluding hydrogens is 290 g/mol. The average Bonchev–Trinajstić information content (AvgIpc) is 2.63. The first kappa shape index (κ1) is 14.6. The Bertz CT molecular complexity index is 973. The summed E-state index contributed by atoms with van der Waals surface area (Å²) in [6.45, 7) is 2.79. The van der Waals surface area contributed by atoms with Crippen molar-refractivity contribution >= 4 is 27.8 Å². The van der Waals surface area contributed by atoms with Crippen LogP contribution in [0.3, 0.4) is 0 Å². The largest absolute Gasteiger partial charge is 0.288 e. The minimum Gasteiger partial charge on any atom is -0.288 e. The lowest BCUT2D eigenvalue weighted by molar-refractivity contribution is 1.11. The van der Waals surface area contributed by atoms with Crippen molar-refractivity contribution in [1.29, 1.82) is 0 Å². The van der Waals surface area contributed by atoms with Crippen LogP contribution in [-0.2, 0) is 6.54 Å². The van der Waals surface area contributed by atoms with E-state index in [0.717, 1.165) is 5.56 Å². The van der Waals surface area contributed by atoms with Gasteiger partial charge in [-0.3, -0.25) is 4.99 Å². The van der Waals surface area contributed by atoms with Gasteiger partial charge >= 0.3 is 0 Å². The third-order valence-corrected chi connectivity index (χ3v) is 4.45. The maximum absolute atomic E-state index is 4.72. The Balaban J connectivity index is 1.77. The van der Waals surface area contributed by atoms with E-state index in [1.165, 1.54) is 32.7 Å². The molecule has 0 heterocycles. The predicted molar refractivity (Wildman–Crippen MR) is 104 cm³/mol. The molecule has 0 atom stereocenters. The zero-order valence-electron chi connectivity index (χ0n) is 13.7. The van der Waals surface area contributed by atoms with Gasteiger partial charge in [-0.1, -0.05) is 78.4 Å². The fraction of sp³-hybridized carbons (Fsp3) is 0.0870. The molecule has 0 fully saturated rings. The number of rotatable bonds is 3. The van der Waals surface area contributed by atoms with Gasteiger partial charge in [0.05, 0.1) is 6.54 Å². The van der Waals surface area contributed by atoms with Crippen LogP contribution in [-0.4, -0.2) is 6.21 Å². The molecule has 24 heavy (non-hydrogen) atoms. The van der Waals surface area contributed by atoms with Crippen molar-refractivity contribution in [2.75, 3.05) is 0 Å². The Labute approximate surface area is 142 Å². The summed E-state index contributed by atoms with van der Waals surface area (Å²) in [7, 11) is 0. The number of hydrogen-bond acceptors (Lipinski definition) is 1. The van der Waals surface area contributed by atoms with Gasteiger partial charge in [0.25, 0.3) is 0 Å². The summed E-state index contributed by atoms with van der Waals surface area (Å²) >= 11 is 0. The minimum atomic E-state index is 0.690. The van der Waals surface area contributed by atoms with E-state index in [2.05, 4.69) is 85.8 Å². The lowest BCUT2D eigenvalue weighted by atomic mass is 9.97. The summed E-state index contributed by atoms with van der Waals surface area (Å²) < 4.78 is 0. The zero-order valence-corrected chi connectivity index (χ0v) is 13.7. The lowest BCUT2D eigenvalue weighted by Gasteiger charge is -2.09. The standard InChI is InChI=1S/C23H19N/c1-17-10-12-18(13-11-17)15-24-16-23-21-8-4-2-6-19(21)14-20-7-3-5-9-22(20)23/h2-15H,16H2,1H3. The van der Waals surface area contributed by atoms with Crippen molar-refractivity contribution in [2.45, 2.75) is 13.5 Å². The lowest BCUT2D eigenvalue weighted by Crippen LogP contribution is -1.90. The molecule has 0 spiro atoms. The summed E-state index contributed by atoms with van der Waals surface area (Å²) in [6, 6.07) is 27.9. The fourth-order valence-electron chi connectivity index (χ4n) is 3.17. The van der Waals surface area contributed by atoms with Crippen LogP contribution in [0.5, 0.6) is 0 Å². The van der Waals surface area contributed by atoms with Crippen LogP contribution in [0.25, 0.3) is 21.5 Å². The number of aryl methyl sites for hydroxylation is 1. The number of nitrogens with zero attached hydrogens (tertiary/aromatic N) is 1. The number of benzene rings is 4. The molecule has 0 saturated heterocycles. The number of hydrogen-bond donors (Lipinski definition) is 0. The van der Waals surface area contributed by atoms with Crippen molar-refractivity contribution in [3.05, 3.63) is 95.6 Å². The highest BCUT2D eigenvalue weighted by atomic mass is 14.7. The van der Waals surface area contributed by atoms with E-state index in [0.29, 0.717) is 6.54 Å². The highest BCUT2D eigenvalue weighted by Crippen LogP contribution is 2.28. The van der Waals surface area contributed by atoms with Crippen molar-refractivity contribution in [3.63, 3.8) is 0 Å². The smallest absolute Gasteiger partial charge is 0.0652 e. The topological polar surface area (TPSA) is 12.4 Å². The van der Waals surface area contributed by atoms with Crippen LogP contribution >= 0.6 is 0 Å². The normalized spacial score (nSPS) is 11.5. The Morgan fingerprint density at radius 3 is 1.96 bits per heavy atom. The number of aliphatic imine (C=N–C) groups is 1. The van der Waals surface area contributed by atoms with Crippen molar-refractivity contribution < 1.29 is 0 Å². The van der Waals surface area contributed by atoms with Gasteiger partial charge in [0.1, 0.15) is 0 Å². The van der Waals surface area contributed by atoms with Crippen LogP contribution < -0.4 is 0 Å². The molecule has 0 amide bonds. The van der Waals surface area contributed by atoms with Gasteiger partial charge in [-0.15, -0.1) is 0 Å². The Morgan fingerprint density at radius 2 is 1.33 bits per heavy atom. The summed E-state index contributed by atoms with van der Waals surface area (Å²) in [5, 5.41) is 5.13. The number of fused-ring (bicyclic) bond motifs is 2. The van der Waals surface area contributed by atoms with Gasteiger partial charge in [0, 0.05) is 6.21 Å². The summed E-state index contributed by atoms with van der Waals surface area (Å²) in [4.78, 5) is 4.72. The van der Waals surface area contributed by atoms with Gasteiger partial charge in [-0.2, -0.15) is 0 Å². The fourth-order valence-corrected chi connectivity index (χ4v) is 3.17. The molecule has 0 aliphatic rings. The molecular formula is C23H19N. The third kappa shape index (κ3) is 2.81. The highest BCUT2D eigenvalue weighted by Gasteiger charge is 2.06. The van der Waals surface area contributed by atoms with Crippen molar-refractivity contribution in [3.8, 4) is 0 Å². The zero-order chi connectivity index (χ0) is 16.4. The van der Waals surface area contributed by atoms with Crippen LogP contribution in [0, 0.1) is 6.92 Å². The molecule has 0 aromatic heterocycles. The first-order valence-electron chi connectivity index (χ1n) is 8.27. The molecule has 0 aliphatic carbocycles. The maximum atomic E-state index is 4.72. The van der Waals surface area contributed by atoms with Gasteiger partial charge in [0.15, 0.2) is 0 Å². The molecule has 0 N–H and O–H groups in total. The van der Waals surface area contributed by atoms with E-state index in [-0.39, 0.29) is 0 Å². The van der Waals surface area contributed by atoms with E-state index in [1.807, 2.05) is 6.21 Å².